The normalized spacial score (nSPS) is 18.3. The molecule has 4 nitrogen and oxygen atoms in total. The number of hydrogen-bond donors (Lipinski definition) is 0. The van der Waals surface area contributed by atoms with Crippen LogP contribution in [0.15, 0.2) is 36.7 Å². The van der Waals surface area contributed by atoms with Gasteiger partial charge in [-0.2, -0.15) is 11.8 Å². The molecule has 0 spiro atoms. The van der Waals surface area contributed by atoms with E-state index in [0.29, 0.717) is 17.3 Å². The van der Waals surface area contributed by atoms with Crippen LogP contribution in [-0.2, 0) is 0 Å². The second-order valence-corrected chi connectivity index (χ2v) is 6.77. The summed E-state index contributed by atoms with van der Waals surface area (Å²) >= 11 is 7.81. The van der Waals surface area contributed by atoms with Crippen molar-refractivity contribution < 1.29 is 4.79 Å². The minimum atomic E-state index is -0.0623. The van der Waals surface area contributed by atoms with Crippen LogP contribution in [-0.4, -0.2) is 38.8 Å². The Balaban J connectivity index is 1.87. The number of halogens is 1. The molecule has 0 N–H and O–H groups in total. The summed E-state index contributed by atoms with van der Waals surface area (Å²) in [6.07, 6.45) is 3.18. The van der Waals surface area contributed by atoms with E-state index in [9.17, 15) is 4.79 Å². The lowest BCUT2D eigenvalue weighted by Crippen LogP contribution is -2.41. The fraction of sp³-hybridized carbons (Fsp3) is 0.312. The number of carbonyl (C=O) groups excluding carboxylic acids is 1. The van der Waals surface area contributed by atoms with Crippen molar-refractivity contribution in [2.24, 2.45) is 0 Å². The van der Waals surface area contributed by atoms with Gasteiger partial charge in [-0.15, -0.1) is 0 Å². The second-order valence-electron chi connectivity index (χ2n) is 5.18. The van der Waals surface area contributed by atoms with Crippen LogP contribution in [0.1, 0.15) is 27.8 Å². The molecule has 2 heterocycles. The molecule has 1 aliphatic rings. The highest BCUT2D eigenvalue weighted by atomic mass is 35.5. The van der Waals surface area contributed by atoms with E-state index in [1.54, 1.807) is 12.4 Å². The predicted octanol–water partition coefficient (Wildman–Crippen LogP) is 3.37. The molecule has 1 aromatic heterocycles. The van der Waals surface area contributed by atoms with Crippen LogP contribution in [0.3, 0.4) is 0 Å². The zero-order valence-corrected chi connectivity index (χ0v) is 13.8. The highest BCUT2D eigenvalue weighted by molar-refractivity contribution is 7.99. The van der Waals surface area contributed by atoms with Crippen LogP contribution >= 0.6 is 23.4 Å². The lowest BCUT2D eigenvalue weighted by molar-refractivity contribution is 0.0695. The van der Waals surface area contributed by atoms with Crippen molar-refractivity contribution in [2.75, 3.05) is 18.1 Å². The summed E-state index contributed by atoms with van der Waals surface area (Å²) < 4.78 is 0. The quantitative estimate of drug-likeness (QED) is 0.845. The second kappa shape index (κ2) is 6.67. The zero-order chi connectivity index (χ0) is 15.5. The minimum Gasteiger partial charge on any atom is -0.329 e. The molecular weight excluding hydrogens is 318 g/mol. The van der Waals surface area contributed by atoms with Gasteiger partial charge in [-0.3, -0.25) is 9.78 Å². The molecule has 1 atom stereocenters. The first-order valence-corrected chi connectivity index (χ1v) is 8.61. The van der Waals surface area contributed by atoms with Gasteiger partial charge in [0, 0.05) is 29.3 Å². The molecule has 2 aromatic rings. The third-order valence-electron chi connectivity index (χ3n) is 3.64. The van der Waals surface area contributed by atoms with Crippen molar-refractivity contribution in [3.8, 4) is 0 Å². The molecule has 114 valence electrons. The summed E-state index contributed by atoms with van der Waals surface area (Å²) in [6.45, 7) is 2.57. The molecule has 1 aromatic carbocycles. The molecule has 1 aliphatic heterocycles. The summed E-state index contributed by atoms with van der Waals surface area (Å²) in [5.41, 5.74) is 2.31. The molecule has 0 bridgehead atoms. The van der Waals surface area contributed by atoms with E-state index in [1.165, 1.54) is 0 Å². The Labute approximate surface area is 138 Å². The molecule has 3 rings (SSSR count). The van der Waals surface area contributed by atoms with E-state index in [4.69, 9.17) is 11.6 Å². The average Bonchev–Trinajstić information content (AvgIpc) is 2.56. The van der Waals surface area contributed by atoms with Crippen molar-refractivity contribution in [3.63, 3.8) is 0 Å². The SMILES string of the molecule is Cc1cnc(C(=O)N2CCSC[C@H]2c2ccc(Cl)cc2)cn1. The maximum absolute atomic E-state index is 12.7. The minimum absolute atomic E-state index is 0.0478. The van der Waals surface area contributed by atoms with Crippen LogP contribution in [0.25, 0.3) is 0 Å². The number of rotatable bonds is 2. The molecule has 0 radical (unpaired) electrons. The van der Waals surface area contributed by atoms with Crippen LogP contribution in [0, 0.1) is 6.92 Å². The Morgan fingerprint density at radius 2 is 2.05 bits per heavy atom. The average molecular weight is 334 g/mol. The van der Waals surface area contributed by atoms with E-state index >= 15 is 0 Å². The third-order valence-corrected chi connectivity index (χ3v) is 4.92. The first-order valence-electron chi connectivity index (χ1n) is 7.08. The van der Waals surface area contributed by atoms with E-state index in [0.717, 1.165) is 22.8 Å². The van der Waals surface area contributed by atoms with E-state index in [1.807, 2.05) is 47.9 Å². The van der Waals surface area contributed by atoms with Crippen LogP contribution in [0.5, 0.6) is 0 Å². The number of nitrogens with zero attached hydrogens (tertiary/aromatic N) is 3. The van der Waals surface area contributed by atoms with Crippen molar-refractivity contribution in [1.82, 2.24) is 14.9 Å². The first kappa shape index (κ1) is 15.3. The molecular formula is C16H16ClN3OS. The Kier molecular flexibility index (Phi) is 4.64. The zero-order valence-electron chi connectivity index (χ0n) is 12.2. The lowest BCUT2D eigenvalue weighted by atomic mass is 10.1. The highest BCUT2D eigenvalue weighted by Crippen LogP contribution is 2.31. The molecule has 22 heavy (non-hydrogen) atoms. The van der Waals surface area contributed by atoms with E-state index in [2.05, 4.69) is 9.97 Å². The standard InChI is InChI=1S/C16H16ClN3OS/c1-11-8-19-14(9-18-11)16(21)20-6-7-22-10-15(20)12-2-4-13(17)5-3-12/h2-5,8-9,15H,6-7,10H2,1H3/t15-/m0/s1. The Morgan fingerprint density at radius 3 is 2.73 bits per heavy atom. The first-order chi connectivity index (χ1) is 10.6. The van der Waals surface area contributed by atoms with E-state index in [-0.39, 0.29) is 11.9 Å². The number of aryl methyl sites for hydroxylation is 1. The number of aromatic nitrogens is 2. The number of amides is 1. The smallest absolute Gasteiger partial charge is 0.274 e. The van der Waals surface area contributed by atoms with E-state index < -0.39 is 0 Å². The highest BCUT2D eigenvalue weighted by Gasteiger charge is 2.29. The lowest BCUT2D eigenvalue weighted by Gasteiger charge is -2.35. The molecule has 0 aliphatic carbocycles. The van der Waals surface area contributed by atoms with Gasteiger partial charge in [0.2, 0.25) is 0 Å². The van der Waals surface area contributed by atoms with Crippen molar-refractivity contribution in [3.05, 3.63) is 58.6 Å². The Morgan fingerprint density at radius 1 is 1.27 bits per heavy atom. The third kappa shape index (κ3) is 3.25. The van der Waals surface area contributed by atoms with Gasteiger partial charge in [0.15, 0.2) is 0 Å². The van der Waals surface area contributed by atoms with Crippen LogP contribution in [0.4, 0.5) is 0 Å². The summed E-state index contributed by atoms with van der Waals surface area (Å²) in [5.74, 6) is 1.76. The summed E-state index contributed by atoms with van der Waals surface area (Å²) in [5, 5.41) is 0.703. The molecule has 0 unspecified atom stereocenters. The van der Waals surface area contributed by atoms with Crippen LogP contribution in [0.2, 0.25) is 5.02 Å². The van der Waals surface area contributed by atoms with Gasteiger partial charge in [0.1, 0.15) is 5.69 Å². The van der Waals surface area contributed by atoms with Gasteiger partial charge in [-0.05, 0) is 24.6 Å². The number of hydrogen-bond acceptors (Lipinski definition) is 4. The molecule has 1 amide bonds. The van der Waals surface area contributed by atoms with Crippen molar-refractivity contribution in [2.45, 2.75) is 13.0 Å². The maximum Gasteiger partial charge on any atom is 0.274 e. The van der Waals surface area contributed by atoms with Crippen molar-refractivity contribution >= 4 is 29.3 Å². The number of benzene rings is 1. The van der Waals surface area contributed by atoms with Gasteiger partial charge in [-0.1, -0.05) is 23.7 Å². The largest absolute Gasteiger partial charge is 0.329 e. The Bertz CT molecular complexity index is 660. The van der Waals surface area contributed by atoms with Crippen molar-refractivity contribution in [1.29, 1.82) is 0 Å². The molecule has 1 saturated heterocycles. The molecule has 6 heteroatoms. The fourth-order valence-corrected chi connectivity index (χ4v) is 3.67. The number of thioether (sulfide) groups is 1. The summed E-state index contributed by atoms with van der Waals surface area (Å²) in [4.78, 5) is 23.0. The van der Waals surface area contributed by atoms with Crippen LogP contribution < -0.4 is 0 Å². The topological polar surface area (TPSA) is 46.1 Å². The number of carbonyl (C=O) groups is 1. The summed E-state index contributed by atoms with van der Waals surface area (Å²) in [6, 6.07) is 7.75. The maximum atomic E-state index is 12.7. The van der Waals surface area contributed by atoms with Gasteiger partial charge in [-0.25, -0.2) is 4.98 Å². The molecule has 1 fully saturated rings. The molecule has 0 saturated carbocycles. The summed E-state index contributed by atoms with van der Waals surface area (Å²) in [7, 11) is 0. The predicted molar refractivity (Wildman–Crippen MR) is 89.3 cm³/mol. The Hall–Kier alpha value is -1.59. The fourth-order valence-electron chi connectivity index (χ4n) is 2.46. The van der Waals surface area contributed by atoms with Gasteiger partial charge in [0.25, 0.3) is 5.91 Å². The van der Waals surface area contributed by atoms with Gasteiger partial charge >= 0.3 is 0 Å². The monoisotopic (exact) mass is 333 g/mol. The van der Waals surface area contributed by atoms with Gasteiger partial charge < -0.3 is 4.90 Å². The van der Waals surface area contributed by atoms with Gasteiger partial charge in [0.05, 0.1) is 17.9 Å².